The van der Waals surface area contributed by atoms with Gasteiger partial charge in [0.2, 0.25) is 0 Å². The van der Waals surface area contributed by atoms with E-state index in [9.17, 15) is 14.4 Å². The highest BCUT2D eigenvalue weighted by molar-refractivity contribution is 6.52. The Balaban J connectivity index is 2.70. The van der Waals surface area contributed by atoms with Crippen molar-refractivity contribution in [2.45, 2.75) is 0 Å². The topological polar surface area (TPSA) is 83.5 Å². The number of aromatic carboxylic acids is 1. The Morgan fingerprint density at radius 1 is 1.29 bits per heavy atom. The zero-order valence-electron chi connectivity index (χ0n) is 6.90. The summed E-state index contributed by atoms with van der Waals surface area (Å²) in [6, 6.07) is 4.26. The number of carbonyl (C=O) groups is 3. The largest absolute Gasteiger partial charge is 0.478 e. The van der Waals surface area contributed by atoms with Crippen LogP contribution in [0.15, 0.2) is 18.2 Å². The van der Waals surface area contributed by atoms with Gasteiger partial charge in [0.15, 0.2) is 0 Å². The lowest BCUT2D eigenvalue weighted by molar-refractivity contribution is -0.112. The van der Waals surface area contributed by atoms with Crippen LogP contribution >= 0.6 is 0 Å². The lowest BCUT2D eigenvalue weighted by atomic mass is 10.0. The van der Waals surface area contributed by atoms with E-state index in [4.69, 9.17) is 5.11 Å². The fourth-order valence-corrected chi connectivity index (χ4v) is 1.37. The van der Waals surface area contributed by atoms with Crippen molar-refractivity contribution in [2.75, 3.05) is 5.32 Å². The summed E-state index contributed by atoms with van der Waals surface area (Å²) in [7, 11) is 0. The average Bonchev–Trinajstić information content (AvgIpc) is 2.43. The van der Waals surface area contributed by atoms with Crippen molar-refractivity contribution < 1.29 is 19.5 Å². The summed E-state index contributed by atoms with van der Waals surface area (Å²) in [6.07, 6.45) is 0. The molecule has 2 rings (SSSR count). The number of carboxylic acids is 1. The quantitative estimate of drug-likeness (QED) is 0.634. The summed E-state index contributed by atoms with van der Waals surface area (Å²) < 4.78 is 0. The molecule has 1 aromatic carbocycles. The van der Waals surface area contributed by atoms with Crippen LogP contribution in [0.2, 0.25) is 0 Å². The van der Waals surface area contributed by atoms with Gasteiger partial charge in [-0.2, -0.15) is 0 Å². The van der Waals surface area contributed by atoms with Crippen molar-refractivity contribution in [1.29, 1.82) is 0 Å². The summed E-state index contributed by atoms with van der Waals surface area (Å²) in [5.41, 5.74) is 0.0655. The molecule has 0 aliphatic carbocycles. The number of Topliss-reactive ketones (excluding diaryl/α,β-unsaturated/α-hetero) is 1. The SMILES string of the molecule is O=C1Nc2cccc(C(=O)O)c2C1=O. The maximum atomic E-state index is 11.2. The molecule has 1 aliphatic heterocycles. The van der Waals surface area contributed by atoms with E-state index in [1.54, 1.807) is 0 Å². The maximum Gasteiger partial charge on any atom is 0.336 e. The third-order valence-electron chi connectivity index (χ3n) is 1.98. The maximum absolute atomic E-state index is 11.2. The summed E-state index contributed by atoms with van der Waals surface area (Å²) in [5.74, 6) is -2.79. The van der Waals surface area contributed by atoms with Crippen molar-refractivity contribution in [1.82, 2.24) is 0 Å². The first kappa shape index (κ1) is 8.43. The first-order valence-electron chi connectivity index (χ1n) is 3.83. The van der Waals surface area contributed by atoms with Crippen molar-refractivity contribution >= 4 is 23.3 Å². The number of carbonyl (C=O) groups excluding carboxylic acids is 2. The number of rotatable bonds is 1. The molecule has 5 nitrogen and oxygen atoms in total. The third kappa shape index (κ3) is 0.990. The van der Waals surface area contributed by atoms with Crippen LogP contribution in [0, 0.1) is 0 Å². The van der Waals surface area contributed by atoms with Gasteiger partial charge in [0.1, 0.15) is 0 Å². The van der Waals surface area contributed by atoms with Gasteiger partial charge in [-0.05, 0) is 12.1 Å². The Morgan fingerprint density at radius 2 is 2.00 bits per heavy atom. The molecule has 14 heavy (non-hydrogen) atoms. The highest BCUT2D eigenvalue weighted by Gasteiger charge is 2.32. The molecule has 1 aromatic rings. The first-order valence-corrected chi connectivity index (χ1v) is 3.83. The molecule has 0 fully saturated rings. The molecule has 0 bridgehead atoms. The van der Waals surface area contributed by atoms with Gasteiger partial charge in [-0.25, -0.2) is 4.79 Å². The second kappa shape index (κ2) is 2.66. The van der Waals surface area contributed by atoms with Crippen LogP contribution in [0.3, 0.4) is 0 Å². The second-order valence-corrected chi connectivity index (χ2v) is 2.82. The third-order valence-corrected chi connectivity index (χ3v) is 1.98. The highest BCUT2D eigenvalue weighted by atomic mass is 16.4. The Labute approximate surface area is 78.3 Å². The van der Waals surface area contributed by atoms with Crippen LogP contribution in [0.1, 0.15) is 20.7 Å². The van der Waals surface area contributed by atoms with Crippen molar-refractivity contribution in [3.8, 4) is 0 Å². The lowest BCUT2D eigenvalue weighted by Crippen LogP contribution is -2.14. The number of benzene rings is 1. The van der Waals surface area contributed by atoms with Gasteiger partial charge >= 0.3 is 5.97 Å². The van der Waals surface area contributed by atoms with Gasteiger partial charge in [0, 0.05) is 0 Å². The van der Waals surface area contributed by atoms with Gasteiger partial charge in [0.25, 0.3) is 11.7 Å². The predicted octanol–water partition coefficient (Wildman–Crippen LogP) is 0.520. The molecule has 0 saturated carbocycles. The molecule has 0 radical (unpaired) electrons. The van der Waals surface area contributed by atoms with Gasteiger partial charge in [-0.1, -0.05) is 6.07 Å². The van der Waals surface area contributed by atoms with Crippen molar-refractivity contribution in [2.24, 2.45) is 0 Å². The number of hydrogen-bond donors (Lipinski definition) is 2. The van der Waals surface area contributed by atoms with Gasteiger partial charge in [0.05, 0.1) is 16.8 Å². The van der Waals surface area contributed by atoms with Crippen LogP contribution in [0.5, 0.6) is 0 Å². The van der Waals surface area contributed by atoms with Crippen LogP contribution < -0.4 is 5.32 Å². The predicted molar refractivity (Wildman–Crippen MR) is 46.4 cm³/mol. The molecule has 0 spiro atoms. The standard InChI is InChI=1S/C9H5NO4/c11-7-6-4(9(13)14)2-1-3-5(6)10-8(7)12/h1-3H,(H,13,14)(H,10,11,12). The minimum atomic E-state index is -1.22. The molecule has 70 valence electrons. The van der Waals surface area contributed by atoms with E-state index in [0.717, 1.165) is 0 Å². The first-order chi connectivity index (χ1) is 6.61. The van der Waals surface area contributed by atoms with E-state index in [-0.39, 0.29) is 16.8 Å². The van der Waals surface area contributed by atoms with Gasteiger partial charge in [-0.3, -0.25) is 9.59 Å². The monoisotopic (exact) mass is 191 g/mol. The highest BCUT2D eigenvalue weighted by Crippen LogP contribution is 2.25. The van der Waals surface area contributed by atoms with Crippen LogP contribution in [-0.4, -0.2) is 22.8 Å². The molecule has 1 heterocycles. The molecule has 0 aromatic heterocycles. The fraction of sp³-hybridized carbons (Fsp3) is 0. The molecular formula is C9H5NO4. The number of amides is 1. The van der Waals surface area contributed by atoms with Crippen LogP contribution in [0.25, 0.3) is 0 Å². The van der Waals surface area contributed by atoms with Crippen molar-refractivity contribution in [3.63, 3.8) is 0 Å². The number of carboxylic acid groups (broad SMARTS) is 1. The Hall–Kier alpha value is -2.17. The van der Waals surface area contributed by atoms with Crippen LogP contribution in [0.4, 0.5) is 5.69 Å². The number of ketones is 1. The normalized spacial score (nSPS) is 13.7. The number of anilines is 1. The van der Waals surface area contributed by atoms with E-state index in [1.165, 1.54) is 18.2 Å². The molecular weight excluding hydrogens is 186 g/mol. The minimum Gasteiger partial charge on any atom is -0.478 e. The zero-order chi connectivity index (χ0) is 10.3. The molecule has 0 saturated heterocycles. The molecule has 0 unspecified atom stereocenters. The average molecular weight is 191 g/mol. The van der Waals surface area contributed by atoms with E-state index >= 15 is 0 Å². The second-order valence-electron chi connectivity index (χ2n) is 2.82. The minimum absolute atomic E-state index is 0.0509. The fourth-order valence-electron chi connectivity index (χ4n) is 1.37. The summed E-state index contributed by atoms with van der Waals surface area (Å²) in [6.45, 7) is 0. The molecule has 1 aliphatic rings. The Morgan fingerprint density at radius 3 is 2.64 bits per heavy atom. The summed E-state index contributed by atoms with van der Waals surface area (Å²) in [5, 5.41) is 11.1. The zero-order valence-corrected chi connectivity index (χ0v) is 6.90. The van der Waals surface area contributed by atoms with Gasteiger partial charge < -0.3 is 10.4 Å². The lowest BCUT2D eigenvalue weighted by Gasteiger charge is -1.99. The van der Waals surface area contributed by atoms with Crippen LogP contribution in [-0.2, 0) is 4.79 Å². The van der Waals surface area contributed by atoms with E-state index < -0.39 is 17.7 Å². The summed E-state index contributed by atoms with van der Waals surface area (Å²) >= 11 is 0. The molecule has 5 heteroatoms. The number of nitrogens with one attached hydrogen (secondary N) is 1. The molecule has 1 amide bonds. The number of hydrogen-bond acceptors (Lipinski definition) is 3. The summed E-state index contributed by atoms with van der Waals surface area (Å²) in [4.78, 5) is 32.9. The Kier molecular flexibility index (Phi) is 1.60. The van der Waals surface area contributed by atoms with Crippen molar-refractivity contribution in [3.05, 3.63) is 29.3 Å². The Bertz CT molecular complexity index is 464. The smallest absolute Gasteiger partial charge is 0.336 e. The van der Waals surface area contributed by atoms with Gasteiger partial charge in [-0.15, -0.1) is 0 Å². The molecule has 2 N–H and O–H groups in total. The van der Waals surface area contributed by atoms with E-state index in [1.807, 2.05) is 0 Å². The van der Waals surface area contributed by atoms with E-state index in [0.29, 0.717) is 0 Å². The van der Waals surface area contributed by atoms with E-state index in [2.05, 4.69) is 5.32 Å². The number of fused-ring (bicyclic) bond motifs is 1. The molecule has 0 atom stereocenters.